The summed E-state index contributed by atoms with van der Waals surface area (Å²) in [5, 5.41) is 17.5. The van der Waals surface area contributed by atoms with Crippen LogP contribution in [0.4, 0.5) is 0 Å². The lowest BCUT2D eigenvalue weighted by Crippen LogP contribution is -2.47. The van der Waals surface area contributed by atoms with Gasteiger partial charge in [-0.2, -0.15) is 4.52 Å². The lowest BCUT2D eigenvalue weighted by molar-refractivity contribution is 0.114. The number of thiophene rings is 1. The third-order valence-corrected chi connectivity index (χ3v) is 7.32. The molecule has 1 atom stereocenters. The van der Waals surface area contributed by atoms with Crippen molar-refractivity contribution in [2.75, 3.05) is 32.7 Å². The Bertz CT molecular complexity index is 891. The van der Waals surface area contributed by atoms with E-state index < -0.39 is 0 Å². The van der Waals surface area contributed by atoms with Crippen LogP contribution >= 0.6 is 22.7 Å². The first-order valence-corrected chi connectivity index (χ1v) is 10.9. The van der Waals surface area contributed by atoms with Crippen LogP contribution in [0.5, 0.6) is 5.88 Å². The molecule has 1 aliphatic heterocycles. The van der Waals surface area contributed by atoms with E-state index in [-0.39, 0.29) is 11.9 Å². The van der Waals surface area contributed by atoms with Gasteiger partial charge in [0.15, 0.2) is 5.82 Å². The molecular weight excluding hydrogens is 366 g/mol. The molecule has 0 spiro atoms. The van der Waals surface area contributed by atoms with Gasteiger partial charge in [-0.25, -0.2) is 4.98 Å². The van der Waals surface area contributed by atoms with E-state index in [1.165, 1.54) is 10.4 Å². The van der Waals surface area contributed by atoms with Crippen molar-refractivity contribution in [3.63, 3.8) is 0 Å². The van der Waals surface area contributed by atoms with E-state index in [1.54, 1.807) is 27.2 Å². The molecule has 3 aromatic heterocycles. The number of aryl methyl sites for hydroxylation is 2. The maximum Gasteiger partial charge on any atom is 0.230 e. The number of likely N-dealkylation sites (N-methyl/N-ethyl adjacent to an activating group) is 1. The molecule has 1 saturated heterocycles. The smallest absolute Gasteiger partial charge is 0.230 e. The summed E-state index contributed by atoms with van der Waals surface area (Å²) in [6.45, 7) is 11.6. The average Bonchev–Trinajstić information content (AvgIpc) is 3.34. The van der Waals surface area contributed by atoms with Gasteiger partial charge in [0, 0.05) is 37.5 Å². The Morgan fingerprint density at radius 3 is 2.54 bits per heavy atom. The van der Waals surface area contributed by atoms with Gasteiger partial charge in [-0.1, -0.05) is 25.2 Å². The largest absolute Gasteiger partial charge is 0.492 e. The molecule has 0 radical (unpaired) electrons. The Kier molecular flexibility index (Phi) is 5.00. The summed E-state index contributed by atoms with van der Waals surface area (Å²) in [5.41, 5.74) is 1.28. The summed E-state index contributed by atoms with van der Waals surface area (Å²) in [6, 6.07) is 2.24. The maximum absolute atomic E-state index is 10.9. The lowest BCUT2D eigenvalue weighted by atomic mass is 10.1. The molecule has 3 aromatic rings. The molecule has 1 aliphatic rings. The Balaban J connectivity index is 1.75. The Morgan fingerprint density at radius 1 is 1.19 bits per heavy atom. The second-order valence-corrected chi connectivity index (χ2v) is 8.66. The fourth-order valence-corrected chi connectivity index (χ4v) is 5.83. The zero-order valence-electron chi connectivity index (χ0n) is 15.5. The normalized spacial score (nSPS) is 18.0. The molecule has 1 fully saturated rings. The van der Waals surface area contributed by atoms with Crippen LogP contribution in [0, 0.1) is 6.92 Å². The van der Waals surface area contributed by atoms with Crippen molar-refractivity contribution in [1.82, 2.24) is 24.4 Å². The third-order valence-electron chi connectivity index (χ3n) is 5.18. The van der Waals surface area contributed by atoms with Crippen molar-refractivity contribution in [2.45, 2.75) is 33.2 Å². The molecule has 1 N–H and O–H groups in total. The van der Waals surface area contributed by atoms with Crippen LogP contribution in [-0.2, 0) is 6.42 Å². The quantitative estimate of drug-likeness (QED) is 0.724. The predicted octanol–water partition coefficient (Wildman–Crippen LogP) is 3.16. The average molecular weight is 392 g/mol. The minimum Gasteiger partial charge on any atom is -0.492 e. The molecule has 1 unspecified atom stereocenters. The van der Waals surface area contributed by atoms with E-state index in [0.717, 1.165) is 54.8 Å². The van der Waals surface area contributed by atoms with Gasteiger partial charge in [-0.3, -0.25) is 4.90 Å². The zero-order valence-corrected chi connectivity index (χ0v) is 17.1. The van der Waals surface area contributed by atoms with E-state index in [0.29, 0.717) is 0 Å². The Hall–Kier alpha value is -1.48. The molecule has 4 rings (SSSR count). The summed E-state index contributed by atoms with van der Waals surface area (Å²) >= 11 is 3.34. The number of hydrogen-bond acceptors (Lipinski definition) is 7. The fourth-order valence-electron chi connectivity index (χ4n) is 3.57. The van der Waals surface area contributed by atoms with Crippen LogP contribution in [-0.4, -0.2) is 62.2 Å². The van der Waals surface area contributed by atoms with Crippen molar-refractivity contribution in [2.24, 2.45) is 0 Å². The highest BCUT2D eigenvalue weighted by Crippen LogP contribution is 2.42. The van der Waals surface area contributed by atoms with Gasteiger partial charge in [-0.15, -0.1) is 16.4 Å². The molecule has 4 heterocycles. The van der Waals surface area contributed by atoms with Crippen LogP contribution in [0.25, 0.3) is 4.96 Å². The fraction of sp³-hybridized carbons (Fsp3) is 0.556. The number of rotatable bonds is 5. The molecule has 0 amide bonds. The van der Waals surface area contributed by atoms with Crippen LogP contribution in [0.2, 0.25) is 0 Å². The van der Waals surface area contributed by atoms with Crippen LogP contribution in [0.3, 0.4) is 0 Å². The highest BCUT2D eigenvalue weighted by atomic mass is 32.1. The molecule has 8 heteroatoms. The van der Waals surface area contributed by atoms with Gasteiger partial charge < -0.3 is 10.0 Å². The second kappa shape index (κ2) is 7.26. The standard InChI is InChI=1S/C18H25N5OS2/c1-4-13-19-18-23(20-13)17(24)16(26-18)14(15-12(3)6-11-25-15)22-9-7-21(5-2)8-10-22/h6,11,14,24H,4-5,7-10H2,1-3H3. The van der Waals surface area contributed by atoms with Gasteiger partial charge in [0.25, 0.3) is 0 Å². The molecule has 140 valence electrons. The zero-order chi connectivity index (χ0) is 18.3. The third kappa shape index (κ3) is 3.05. The van der Waals surface area contributed by atoms with Crippen LogP contribution < -0.4 is 0 Å². The number of fused-ring (bicyclic) bond motifs is 1. The van der Waals surface area contributed by atoms with Crippen LogP contribution in [0.1, 0.15) is 41.0 Å². The number of thiazole rings is 1. The van der Waals surface area contributed by atoms with Crippen molar-refractivity contribution in [3.05, 3.63) is 32.6 Å². The molecular formula is C18H25N5OS2. The highest BCUT2D eigenvalue weighted by Gasteiger charge is 2.33. The summed E-state index contributed by atoms with van der Waals surface area (Å²) in [7, 11) is 0. The van der Waals surface area contributed by atoms with E-state index in [1.807, 2.05) is 6.92 Å². The van der Waals surface area contributed by atoms with Crippen molar-refractivity contribution < 1.29 is 5.11 Å². The van der Waals surface area contributed by atoms with Crippen molar-refractivity contribution in [3.8, 4) is 5.88 Å². The molecule has 0 bridgehead atoms. The SMILES string of the molecule is CCc1nc2sc(C(c3sccc3C)N3CCN(CC)CC3)c(O)n2n1. The van der Waals surface area contributed by atoms with Crippen molar-refractivity contribution in [1.29, 1.82) is 0 Å². The lowest BCUT2D eigenvalue weighted by Gasteiger charge is -2.38. The number of hydrogen-bond donors (Lipinski definition) is 1. The van der Waals surface area contributed by atoms with Crippen molar-refractivity contribution >= 4 is 27.6 Å². The van der Waals surface area contributed by atoms with Crippen LogP contribution in [0.15, 0.2) is 11.4 Å². The maximum atomic E-state index is 10.9. The Labute approximate surface area is 161 Å². The van der Waals surface area contributed by atoms with Gasteiger partial charge in [0.2, 0.25) is 10.8 Å². The predicted molar refractivity (Wildman–Crippen MR) is 106 cm³/mol. The first-order chi connectivity index (χ1) is 12.6. The number of aromatic nitrogens is 3. The first-order valence-electron chi connectivity index (χ1n) is 9.20. The summed E-state index contributed by atoms with van der Waals surface area (Å²) in [5.74, 6) is 1.02. The topological polar surface area (TPSA) is 56.9 Å². The van der Waals surface area contributed by atoms with Gasteiger partial charge >= 0.3 is 0 Å². The monoisotopic (exact) mass is 391 g/mol. The number of nitrogens with zero attached hydrogens (tertiary/aromatic N) is 5. The summed E-state index contributed by atoms with van der Waals surface area (Å²) < 4.78 is 1.61. The van der Waals surface area contributed by atoms with E-state index >= 15 is 0 Å². The minimum atomic E-state index is 0.0765. The van der Waals surface area contributed by atoms with E-state index in [4.69, 9.17) is 0 Å². The Morgan fingerprint density at radius 2 is 1.96 bits per heavy atom. The molecule has 26 heavy (non-hydrogen) atoms. The van der Waals surface area contributed by atoms with E-state index in [2.05, 4.69) is 45.2 Å². The number of piperazine rings is 1. The summed E-state index contributed by atoms with van der Waals surface area (Å²) in [6.07, 6.45) is 0.773. The summed E-state index contributed by atoms with van der Waals surface area (Å²) in [4.78, 5) is 12.6. The molecule has 0 saturated carbocycles. The van der Waals surface area contributed by atoms with Gasteiger partial charge in [-0.05, 0) is 30.5 Å². The molecule has 0 aliphatic carbocycles. The van der Waals surface area contributed by atoms with Gasteiger partial charge in [0.05, 0.1) is 10.9 Å². The second-order valence-electron chi connectivity index (χ2n) is 6.71. The molecule has 0 aromatic carbocycles. The minimum absolute atomic E-state index is 0.0765. The first kappa shape index (κ1) is 17.9. The van der Waals surface area contributed by atoms with E-state index in [9.17, 15) is 5.11 Å². The van der Waals surface area contributed by atoms with Gasteiger partial charge in [0.1, 0.15) is 0 Å². The number of aromatic hydroxyl groups is 1. The highest BCUT2D eigenvalue weighted by molar-refractivity contribution is 7.17. The molecule has 6 nitrogen and oxygen atoms in total.